The summed E-state index contributed by atoms with van der Waals surface area (Å²) in [5.41, 5.74) is 0.550. The molecule has 3 rings (SSSR count). The van der Waals surface area contributed by atoms with Gasteiger partial charge in [-0.2, -0.15) is 0 Å². The smallest absolute Gasteiger partial charge is 0.261 e. The van der Waals surface area contributed by atoms with Gasteiger partial charge in [-0.15, -0.1) is 10.2 Å². The second-order valence-corrected chi connectivity index (χ2v) is 8.61. The summed E-state index contributed by atoms with van der Waals surface area (Å²) in [6.45, 7) is 1.77. The lowest BCUT2D eigenvalue weighted by atomic mass is 10.2. The Bertz CT molecular complexity index is 1100. The number of aromatic nitrogens is 2. The van der Waals surface area contributed by atoms with E-state index in [0.717, 1.165) is 23.2 Å². The predicted molar refractivity (Wildman–Crippen MR) is 101 cm³/mol. The van der Waals surface area contributed by atoms with Gasteiger partial charge in [-0.25, -0.2) is 12.8 Å². The van der Waals surface area contributed by atoms with E-state index in [1.165, 1.54) is 35.6 Å². The van der Waals surface area contributed by atoms with E-state index in [1.54, 1.807) is 6.92 Å². The van der Waals surface area contributed by atoms with Crippen LogP contribution in [-0.2, 0) is 10.0 Å². The lowest BCUT2D eigenvalue weighted by Crippen LogP contribution is -2.14. The second kappa shape index (κ2) is 7.59. The molecule has 2 aromatic carbocycles. The summed E-state index contributed by atoms with van der Waals surface area (Å²) in [7, 11) is -3.95. The molecule has 11 heteroatoms. The molecule has 0 aliphatic heterocycles. The molecule has 0 radical (unpaired) electrons. The maximum absolute atomic E-state index is 13.2. The molecule has 0 saturated carbocycles. The maximum atomic E-state index is 13.2. The molecule has 1 amide bonds. The number of nitrogens with one attached hydrogen (secondary N) is 2. The molecule has 0 fully saturated rings. The first-order valence-electron chi connectivity index (χ1n) is 7.44. The number of rotatable bonds is 5. The van der Waals surface area contributed by atoms with Crippen molar-refractivity contribution in [3.63, 3.8) is 0 Å². The molecule has 0 saturated heterocycles. The molecule has 1 heterocycles. The number of hydrogen-bond acceptors (Lipinski definition) is 6. The van der Waals surface area contributed by atoms with Crippen molar-refractivity contribution in [3.8, 4) is 0 Å². The van der Waals surface area contributed by atoms with Gasteiger partial charge in [-0.05, 0) is 49.4 Å². The van der Waals surface area contributed by atoms with Gasteiger partial charge < -0.3 is 0 Å². The van der Waals surface area contributed by atoms with E-state index in [1.807, 2.05) is 0 Å². The summed E-state index contributed by atoms with van der Waals surface area (Å²) in [6.07, 6.45) is 0. The Morgan fingerprint density at radius 1 is 1.15 bits per heavy atom. The van der Waals surface area contributed by atoms with Gasteiger partial charge in [0.1, 0.15) is 10.8 Å². The number of carbonyl (C=O) groups is 1. The third kappa shape index (κ3) is 4.59. The third-order valence-electron chi connectivity index (χ3n) is 3.35. The van der Waals surface area contributed by atoms with Crippen LogP contribution in [0, 0.1) is 12.7 Å². The molecule has 1 aromatic heterocycles. The molecular formula is C16H12ClFN4O3S2. The van der Waals surface area contributed by atoms with Crippen molar-refractivity contribution in [2.45, 2.75) is 11.8 Å². The van der Waals surface area contributed by atoms with E-state index in [0.29, 0.717) is 10.7 Å². The normalized spacial score (nSPS) is 11.2. The minimum atomic E-state index is -3.95. The summed E-state index contributed by atoms with van der Waals surface area (Å²) in [4.78, 5) is 12.0. The zero-order valence-electron chi connectivity index (χ0n) is 13.7. The van der Waals surface area contributed by atoms with Gasteiger partial charge in [-0.3, -0.25) is 14.8 Å². The second-order valence-electron chi connectivity index (χ2n) is 5.34. The Morgan fingerprint density at radius 3 is 2.44 bits per heavy atom. The first-order valence-corrected chi connectivity index (χ1v) is 10.1. The van der Waals surface area contributed by atoms with E-state index in [4.69, 9.17) is 11.6 Å². The van der Waals surface area contributed by atoms with Crippen LogP contribution >= 0.6 is 22.9 Å². The van der Waals surface area contributed by atoms with Crippen molar-refractivity contribution in [2.75, 3.05) is 10.0 Å². The van der Waals surface area contributed by atoms with Gasteiger partial charge in [0.05, 0.1) is 9.92 Å². The van der Waals surface area contributed by atoms with Crippen molar-refractivity contribution in [3.05, 3.63) is 63.9 Å². The molecule has 3 aromatic rings. The van der Waals surface area contributed by atoms with Crippen LogP contribution in [0.5, 0.6) is 0 Å². The molecule has 7 nitrogen and oxygen atoms in total. The number of hydrogen-bond donors (Lipinski definition) is 2. The van der Waals surface area contributed by atoms with E-state index < -0.39 is 21.7 Å². The van der Waals surface area contributed by atoms with Crippen LogP contribution in [0.1, 0.15) is 15.4 Å². The van der Waals surface area contributed by atoms with Crippen molar-refractivity contribution in [2.24, 2.45) is 0 Å². The summed E-state index contributed by atoms with van der Waals surface area (Å²) in [6, 6.07) is 8.88. The molecule has 0 spiro atoms. The van der Waals surface area contributed by atoms with Crippen molar-refractivity contribution in [1.82, 2.24) is 10.2 Å². The number of amides is 1. The number of benzene rings is 2. The number of anilines is 2. The van der Waals surface area contributed by atoms with E-state index in [2.05, 4.69) is 20.2 Å². The fourth-order valence-corrected chi connectivity index (χ4v) is 3.98. The topological polar surface area (TPSA) is 101 Å². The zero-order chi connectivity index (χ0) is 19.6. The van der Waals surface area contributed by atoms with E-state index in [-0.39, 0.29) is 15.6 Å². The van der Waals surface area contributed by atoms with Crippen LogP contribution in [-0.4, -0.2) is 24.5 Å². The maximum Gasteiger partial charge on any atom is 0.261 e. The van der Waals surface area contributed by atoms with Crippen LogP contribution in [0.4, 0.5) is 15.2 Å². The lowest BCUT2D eigenvalue weighted by molar-refractivity contribution is 0.102. The average molecular weight is 427 g/mol. The van der Waals surface area contributed by atoms with E-state index >= 15 is 0 Å². The number of carbonyl (C=O) groups excluding carboxylic acids is 1. The number of nitrogens with zero attached hydrogens (tertiary/aromatic N) is 2. The van der Waals surface area contributed by atoms with Crippen LogP contribution in [0.25, 0.3) is 0 Å². The van der Waals surface area contributed by atoms with Crippen LogP contribution in [0.3, 0.4) is 0 Å². The van der Waals surface area contributed by atoms with Crippen LogP contribution in [0.15, 0.2) is 47.4 Å². The molecule has 0 aliphatic rings. The predicted octanol–water partition coefficient (Wildman–Crippen LogP) is 3.69. The number of aryl methyl sites for hydroxylation is 1. The molecule has 140 valence electrons. The Balaban J connectivity index is 1.73. The molecule has 0 unspecified atom stereocenters. The highest BCUT2D eigenvalue weighted by Gasteiger charge is 2.16. The molecule has 27 heavy (non-hydrogen) atoms. The van der Waals surface area contributed by atoms with Gasteiger partial charge in [0.25, 0.3) is 15.9 Å². The first kappa shape index (κ1) is 19.2. The van der Waals surface area contributed by atoms with Gasteiger partial charge in [0.15, 0.2) is 0 Å². The third-order valence-corrected chi connectivity index (χ3v) is 5.77. The minimum absolute atomic E-state index is 0.178. The summed E-state index contributed by atoms with van der Waals surface area (Å²) < 4.78 is 40.2. The standard InChI is InChI=1S/C16H12ClFN4O3S2/c1-9-20-21-16(26-9)19-15(23)10-2-4-11(5-3-10)22-27(24,25)12-6-7-14(18)13(17)8-12/h2-8,22H,1H3,(H,19,21,23). The quantitative estimate of drug-likeness (QED) is 0.647. The molecule has 2 N–H and O–H groups in total. The summed E-state index contributed by atoms with van der Waals surface area (Å²) >= 11 is 6.86. The lowest BCUT2D eigenvalue weighted by Gasteiger charge is -2.09. The minimum Gasteiger partial charge on any atom is -0.296 e. The van der Waals surface area contributed by atoms with Gasteiger partial charge in [0, 0.05) is 11.3 Å². The largest absolute Gasteiger partial charge is 0.296 e. The van der Waals surface area contributed by atoms with Crippen molar-refractivity contribution < 1.29 is 17.6 Å². The zero-order valence-corrected chi connectivity index (χ0v) is 16.1. The molecular weight excluding hydrogens is 415 g/mol. The van der Waals surface area contributed by atoms with Gasteiger partial charge in [-0.1, -0.05) is 22.9 Å². The SMILES string of the molecule is Cc1nnc(NC(=O)c2ccc(NS(=O)(=O)c3ccc(F)c(Cl)c3)cc2)s1. The molecule has 0 bridgehead atoms. The Kier molecular flexibility index (Phi) is 5.40. The monoisotopic (exact) mass is 426 g/mol. The Labute approximate surface area is 163 Å². The van der Waals surface area contributed by atoms with Crippen LogP contribution in [0.2, 0.25) is 5.02 Å². The summed E-state index contributed by atoms with van der Waals surface area (Å²) in [5, 5.41) is 11.0. The number of sulfonamides is 1. The first-order chi connectivity index (χ1) is 12.7. The van der Waals surface area contributed by atoms with Crippen molar-refractivity contribution in [1.29, 1.82) is 0 Å². The van der Waals surface area contributed by atoms with Gasteiger partial charge in [0.2, 0.25) is 5.13 Å². The van der Waals surface area contributed by atoms with Crippen molar-refractivity contribution >= 4 is 49.7 Å². The highest BCUT2D eigenvalue weighted by molar-refractivity contribution is 7.92. The Hall–Kier alpha value is -2.56. The van der Waals surface area contributed by atoms with Crippen LogP contribution < -0.4 is 10.0 Å². The van der Waals surface area contributed by atoms with Gasteiger partial charge >= 0.3 is 0 Å². The Morgan fingerprint density at radius 2 is 1.85 bits per heavy atom. The summed E-state index contributed by atoms with van der Waals surface area (Å²) in [5.74, 6) is -1.11. The highest BCUT2D eigenvalue weighted by atomic mass is 35.5. The fourth-order valence-electron chi connectivity index (χ4n) is 2.06. The molecule has 0 atom stereocenters. The molecule has 0 aliphatic carbocycles. The van der Waals surface area contributed by atoms with E-state index in [9.17, 15) is 17.6 Å². The average Bonchev–Trinajstić information content (AvgIpc) is 3.02. The number of halogens is 2. The highest BCUT2D eigenvalue weighted by Crippen LogP contribution is 2.22. The fraction of sp³-hybridized carbons (Fsp3) is 0.0625.